The van der Waals surface area contributed by atoms with E-state index in [0.29, 0.717) is 11.1 Å². The van der Waals surface area contributed by atoms with Crippen LogP contribution >= 0.6 is 0 Å². The summed E-state index contributed by atoms with van der Waals surface area (Å²) in [5, 5.41) is 10.1. The quantitative estimate of drug-likeness (QED) is 0.425. The Balaban J connectivity index is 1.71. The number of hydrogen-bond donors (Lipinski definition) is 3. The van der Waals surface area contributed by atoms with Gasteiger partial charge in [-0.05, 0) is 23.3 Å². The third kappa shape index (κ3) is 4.83. The second-order valence-corrected chi connectivity index (χ2v) is 6.42. The van der Waals surface area contributed by atoms with Crippen molar-refractivity contribution < 1.29 is 13.9 Å². The van der Waals surface area contributed by atoms with E-state index in [4.69, 9.17) is 15.9 Å². The molecule has 3 aromatic rings. The molecule has 0 unspecified atom stereocenters. The molecule has 1 atom stereocenters. The molecule has 0 aliphatic carbocycles. The fourth-order valence-electron chi connectivity index (χ4n) is 2.91. The van der Waals surface area contributed by atoms with E-state index in [1.165, 1.54) is 13.2 Å². The number of ether oxygens (including phenoxy) is 1. The summed E-state index contributed by atoms with van der Waals surface area (Å²) >= 11 is 0. The molecule has 2 aromatic carbocycles. The van der Waals surface area contributed by atoms with E-state index in [1.54, 1.807) is 54.9 Å². The number of carbonyl (C=O) groups excluding carboxylic acids is 1. The van der Waals surface area contributed by atoms with Gasteiger partial charge in [-0.3, -0.25) is 15.2 Å². The first-order valence-electron chi connectivity index (χ1n) is 8.93. The standard InChI is InChI=1S/C22H21FN4O2/c1-29-20(22(28)27-12-14-4-6-15(7-5-14)21(24)25)18-9-8-16(11-19(18)23)17-3-2-10-26-13-17/h2-11,13,20H,12H2,1H3,(H3,24,25)(H,27,28)/t20-/m0/s1. The first kappa shape index (κ1) is 20.2. The average molecular weight is 392 g/mol. The van der Waals surface area contributed by atoms with Gasteiger partial charge >= 0.3 is 0 Å². The van der Waals surface area contributed by atoms with Gasteiger partial charge in [-0.2, -0.15) is 0 Å². The summed E-state index contributed by atoms with van der Waals surface area (Å²) in [4.78, 5) is 16.6. The van der Waals surface area contributed by atoms with E-state index >= 15 is 0 Å². The fraction of sp³-hybridized carbons (Fsp3) is 0.136. The molecule has 6 nitrogen and oxygen atoms in total. The predicted octanol–water partition coefficient (Wildman–Crippen LogP) is 3.18. The summed E-state index contributed by atoms with van der Waals surface area (Å²) < 4.78 is 20.0. The van der Waals surface area contributed by atoms with E-state index in [-0.39, 0.29) is 17.9 Å². The minimum Gasteiger partial charge on any atom is -0.384 e. The normalized spacial score (nSPS) is 11.7. The van der Waals surface area contributed by atoms with Crippen LogP contribution in [0.4, 0.5) is 4.39 Å². The minimum atomic E-state index is -1.07. The van der Waals surface area contributed by atoms with E-state index in [0.717, 1.165) is 11.1 Å². The largest absolute Gasteiger partial charge is 0.384 e. The van der Waals surface area contributed by atoms with Crippen LogP contribution in [0.25, 0.3) is 11.1 Å². The molecule has 0 saturated heterocycles. The lowest BCUT2D eigenvalue weighted by Gasteiger charge is -2.17. The molecule has 1 heterocycles. The molecule has 0 spiro atoms. The van der Waals surface area contributed by atoms with Crippen LogP contribution in [0.3, 0.4) is 0 Å². The summed E-state index contributed by atoms with van der Waals surface area (Å²) in [6.07, 6.45) is 2.22. The van der Waals surface area contributed by atoms with Gasteiger partial charge in [-0.1, -0.05) is 42.5 Å². The number of methoxy groups -OCH3 is 1. The number of rotatable bonds is 7. The Labute approximate surface area is 168 Å². The van der Waals surface area contributed by atoms with Crippen molar-refractivity contribution in [2.45, 2.75) is 12.6 Å². The molecule has 0 bridgehead atoms. The van der Waals surface area contributed by atoms with Gasteiger partial charge in [-0.25, -0.2) is 4.39 Å². The number of benzene rings is 2. The first-order valence-corrected chi connectivity index (χ1v) is 8.93. The summed E-state index contributed by atoms with van der Waals surface area (Å²) in [5.74, 6) is -0.999. The highest BCUT2D eigenvalue weighted by atomic mass is 19.1. The number of amidine groups is 1. The number of hydrogen-bond acceptors (Lipinski definition) is 4. The van der Waals surface area contributed by atoms with Gasteiger partial charge in [0.1, 0.15) is 11.7 Å². The molecule has 29 heavy (non-hydrogen) atoms. The van der Waals surface area contributed by atoms with Crippen molar-refractivity contribution >= 4 is 11.7 Å². The maximum atomic E-state index is 14.7. The Morgan fingerprint density at radius 1 is 1.21 bits per heavy atom. The molecule has 148 valence electrons. The summed E-state index contributed by atoms with van der Waals surface area (Å²) in [6, 6.07) is 15.2. The molecule has 0 fully saturated rings. The zero-order chi connectivity index (χ0) is 20.8. The molecular weight excluding hydrogens is 371 g/mol. The minimum absolute atomic E-state index is 0.0229. The van der Waals surface area contributed by atoms with Gasteiger partial charge in [0.25, 0.3) is 5.91 Å². The molecular formula is C22H21FN4O2. The van der Waals surface area contributed by atoms with E-state index < -0.39 is 17.8 Å². The highest BCUT2D eigenvalue weighted by Gasteiger charge is 2.23. The van der Waals surface area contributed by atoms with Crippen LogP contribution < -0.4 is 11.1 Å². The van der Waals surface area contributed by atoms with Gasteiger partial charge < -0.3 is 15.8 Å². The summed E-state index contributed by atoms with van der Waals surface area (Å²) in [6.45, 7) is 0.242. The smallest absolute Gasteiger partial charge is 0.254 e. The van der Waals surface area contributed by atoms with E-state index in [2.05, 4.69) is 10.3 Å². The summed E-state index contributed by atoms with van der Waals surface area (Å²) in [5.41, 5.74) is 8.46. The van der Waals surface area contributed by atoms with Crippen molar-refractivity contribution in [1.29, 1.82) is 5.41 Å². The third-order valence-electron chi connectivity index (χ3n) is 4.48. The van der Waals surface area contributed by atoms with Gasteiger partial charge in [0.2, 0.25) is 0 Å². The number of nitrogens with two attached hydrogens (primary N) is 1. The number of nitrogens with one attached hydrogen (secondary N) is 2. The maximum Gasteiger partial charge on any atom is 0.254 e. The number of carbonyl (C=O) groups is 1. The SMILES string of the molecule is CO[C@H](C(=O)NCc1ccc(C(=N)N)cc1)c1ccc(-c2cccnc2)cc1F. The van der Waals surface area contributed by atoms with E-state index in [1.807, 2.05) is 6.07 Å². The van der Waals surface area contributed by atoms with Crippen LogP contribution in [-0.2, 0) is 16.1 Å². The molecule has 0 aliphatic heterocycles. The van der Waals surface area contributed by atoms with Gasteiger partial charge in [0.05, 0.1) is 0 Å². The van der Waals surface area contributed by atoms with Gasteiger partial charge in [-0.15, -0.1) is 0 Å². The molecule has 3 rings (SSSR count). The lowest BCUT2D eigenvalue weighted by atomic mass is 10.0. The highest BCUT2D eigenvalue weighted by molar-refractivity contribution is 5.94. The zero-order valence-electron chi connectivity index (χ0n) is 15.9. The molecule has 1 aromatic heterocycles. The Kier molecular flexibility index (Phi) is 6.31. The molecule has 0 aliphatic rings. The number of halogens is 1. The number of pyridine rings is 1. The maximum absolute atomic E-state index is 14.7. The molecule has 7 heteroatoms. The van der Waals surface area contributed by atoms with Crippen LogP contribution in [-0.4, -0.2) is 23.8 Å². The number of aromatic nitrogens is 1. The Morgan fingerprint density at radius 2 is 1.97 bits per heavy atom. The van der Waals surface area contributed by atoms with Crippen LogP contribution in [0, 0.1) is 11.2 Å². The number of nitrogens with zero attached hydrogens (tertiary/aromatic N) is 1. The Morgan fingerprint density at radius 3 is 2.55 bits per heavy atom. The number of amides is 1. The Bertz CT molecular complexity index is 1010. The molecule has 4 N–H and O–H groups in total. The van der Waals surface area contributed by atoms with Crippen molar-refractivity contribution in [3.8, 4) is 11.1 Å². The van der Waals surface area contributed by atoms with Crippen LogP contribution in [0.2, 0.25) is 0 Å². The Hall–Kier alpha value is -3.58. The third-order valence-corrected chi connectivity index (χ3v) is 4.48. The topological polar surface area (TPSA) is 101 Å². The summed E-state index contributed by atoms with van der Waals surface area (Å²) in [7, 11) is 1.36. The van der Waals surface area contributed by atoms with Crippen molar-refractivity contribution in [3.63, 3.8) is 0 Å². The first-order chi connectivity index (χ1) is 14.0. The van der Waals surface area contributed by atoms with Crippen molar-refractivity contribution in [2.75, 3.05) is 7.11 Å². The molecule has 1 amide bonds. The van der Waals surface area contributed by atoms with Gasteiger partial charge in [0, 0.05) is 42.7 Å². The van der Waals surface area contributed by atoms with Crippen LogP contribution in [0.1, 0.15) is 22.8 Å². The fourth-order valence-corrected chi connectivity index (χ4v) is 2.91. The van der Waals surface area contributed by atoms with Crippen molar-refractivity contribution in [1.82, 2.24) is 10.3 Å². The van der Waals surface area contributed by atoms with Crippen molar-refractivity contribution in [3.05, 3.63) is 89.5 Å². The predicted molar refractivity (Wildman–Crippen MR) is 109 cm³/mol. The van der Waals surface area contributed by atoms with E-state index in [9.17, 15) is 9.18 Å². The lowest BCUT2D eigenvalue weighted by Crippen LogP contribution is -2.30. The van der Waals surface area contributed by atoms with Crippen LogP contribution in [0.5, 0.6) is 0 Å². The second-order valence-electron chi connectivity index (χ2n) is 6.42. The zero-order valence-corrected chi connectivity index (χ0v) is 15.9. The molecule has 0 saturated carbocycles. The highest BCUT2D eigenvalue weighted by Crippen LogP contribution is 2.26. The second kappa shape index (κ2) is 9.07. The molecule has 0 radical (unpaired) electrons. The van der Waals surface area contributed by atoms with Crippen LogP contribution in [0.15, 0.2) is 67.0 Å². The average Bonchev–Trinajstić information content (AvgIpc) is 2.74. The monoisotopic (exact) mass is 392 g/mol. The lowest BCUT2D eigenvalue weighted by molar-refractivity contribution is -0.131. The van der Waals surface area contributed by atoms with Crippen molar-refractivity contribution in [2.24, 2.45) is 5.73 Å². The number of nitrogen functional groups attached to an aromatic ring is 1. The van der Waals surface area contributed by atoms with Gasteiger partial charge in [0.15, 0.2) is 6.10 Å².